The molecule has 0 bridgehead atoms. The number of aliphatic carboxylic acids is 1. The van der Waals surface area contributed by atoms with Gasteiger partial charge in [0.2, 0.25) is 0 Å². The average Bonchev–Trinajstić information content (AvgIpc) is 1.96. The van der Waals surface area contributed by atoms with E-state index in [4.69, 9.17) is 20.6 Å². The standard InChI is InChI=1S/C5H10NO7P/c6-3(1-2-4(7)8)5(9)13-14(10,11)12/h3H,1-2,6H2,(H,7,8)(H2,10,11,12). The van der Waals surface area contributed by atoms with Crippen molar-refractivity contribution in [1.29, 1.82) is 0 Å². The van der Waals surface area contributed by atoms with Gasteiger partial charge in [0.25, 0.3) is 0 Å². The minimum Gasteiger partial charge on any atom is -0.481 e. The lowest BCUT2D eigenvalue weighted by Crippen LogP contribution is -2.32. The molecule has 0 saturated carbocycles. The number of phosphoric ester groups is 1. The lowest BCUT2D eigenvalue weighted by molar-refractivity contribution is -0.138. The molecule has 0 spiro atoms. The molecule has 8 nitrogen and oxygen atoms in total. The van der Waals surface area contributed by atoms with Gasteiger partial charge in [0, 0.05) is 6.42 Å². The van der Waals surface area contributed by atoms with E-state index in [1.54, 1.807) is 0 Å². The SMILES string of the molecule is NC(CCC(=O)O)C(=O)OP(=O)(O)O. The number of phosphoric acid groups is 1. The first-order valence-electron chi connectivity index (χ1n) is 3.48. The van der Waals surface area contributed by atoms with Gasteiger partial charge in [0.05, 0.1) is 0 Å². The highest BCUT2D eigenvalue weighted by molar-refractivity contribution is 7.46. The van der Waals surface area contributed by atoms with Crippen molar-refractivity contribution >= 4 is 19.8 Å². The summed E-state index contributed by atoms with van der Waals surface area (Å²) >= 11 is 0. The third kappa shape index (κ3) is 6.55. The molecule has 0 rings (SSSR count). The number of hydrogen-bond acceptors (Lipinski definition) is 5. The van der Waals surface area contributed by atoms with Crippen LogP contribution in [-0.2, 0) is 18.7 Å². The summed E-state index contributed by atoms with van der Waals surface area (Å²) in [6, 6.07) is -1.35. The van der Waals surface area contributed by atoms with Crippen molar-refractivity contribution in [1.82, 2.24) is 0 Å². The predicted molar refractivity (Wildman–Crippen MR) is 43.0 cm³/mol. The smallest absolute Gasteiger partial charge is 0.481 e. The molecule has 0 aliphatic heterocycles. The molecule has 9 heteroatoms. The highest BCUT2D eigenvalue weighted by Crippen LogP contribution is 2.36. The van der Waals surface area contributed by atoms with Crippen LogP contribution in [0.25, 0.3) is 0 Å². The Morgan fingerprint density at radius 3 is 2.29 bits per heavy atom. The lowest BCUT2D eigenvalue weighted by atomic mass is 10.2. The second-order valence-corrected chi connectivity index (χ2v) is 3.60. The maximum Gasteiger partial charge on any atom is 0.527 e. The number of carbonyl (C=O) groups excluding carboxylic acids is 1. The summed E-state index contributed by atoms with van der Waals surface area (Å²) in [4.78, 5) is 37.2. The van der Waals surface area contributed by atoms with E-state index < -0.39 is 25.8 Å². The van der Waals surface area contributed by atoms with Gasteiger partial charge in [-0.25, -0.2) is 9.36 Å². The molecule has 0 radical (unpaired) electrons. The van der Waals surface area contributed by atoms with E-state index in [1.807, 2.05) is 0 Å². The largest absolute Gasteiger partial charge is 0.527 e. The Kier molecular flexibility index (Phi) is 4.72. The van der Waals surface area contributed by atoms with Crippen molar-refractivity contribution in [2.75, 3.05) is 0 Å². The molecule has 0 aromatic carbocycles. The van der Waals surface area contributed by atoms with Crippen LogP contribution in [-0.4, -0.2) is 32.9 Å². The minimum atomic E-state index is -4.90. The first-order chi connectivity index (χ1) is 6.22. The van der Waals surface area contributed by atoms with Crippen molar-refractivity contribution in [3.8, 4) is 0 Å². The Morgan fingerprint density at radius 1 is 1.43 bits per heavy atom. The molecule has 0 aliphatic rings. The van der Waals surface area contributed by atoms with Gasteiger partial charge in [-0.05, 0) is 6.42 Å². The van der Waals surface area contributed by atoms with Crippen LogP contribution < -0.4 is 5.73 Å². The van der Waals surface area contributed by atoms with Crippen LogP contribution in [0.2, 0.25) is 0 Å². The Labute approximate surface area is 78.9 Å². The van der Waals surface area contributed by atoms with E-state index in [1.165, 1.54) is 0 Å². The first kappa shape index (κ1) is 13.1. The summed E-state index contributed by atoms with van der Waals surface area (Å²) in [7, 11) is -4.90. The molecule has 0 fully saturated rings. The Morgan fingerprint density at radius 2 is 1.93 bits per heavy atom. The highest BCUT2D eigenvalue weighted by atomic mass is 31.2. The van der Waals surface area contributed by atoms with Crippen molar-refractivity contribution in [2.45, 2.75) is 18.9 Å². The third-order valence-corrected chi connectivity index (χ3v) is 1.60. The zero-order valence-corrected chi connectivity index (χ0v) is 7.89. The molecule has 82 valence electrons. The number of nitrogens with two attached hydrogens (primary N) is 1. The molecule has 1 atom stereocenters. The highest BCUT2D eigenvalue weighted by Gasteiger charge is 2.25. The average molecular weight is 227 g/mol. The maximum absolute atomic E-state index is 10.7. The number of rotatable bonds is 5. The zero-order valence-electron chi connectivity index (χ0n) is 6.99. The number of hydrogen-bond donors (Lipinski definition) is 4. The monoisotopic (exact) mass is 227 g/mol. The molecule has 1 unspecified atom stereocenters. The van der Waals surface area contributed by atoms with Crippen LogP contribution >= 0.6 is 7.82 Å². The second kappa shape index (κ2) is 5.06. The van der Waals surface area contributed by atoms with E-state index in [0.29, 0.717) is 0 Å². The van der Waals surface area contributed by atoms with Crippen LogP contribution in [0.15, 0.2) is 0 Å². The summed E-state index contributed by atoms with van der Waals surface area (Å²) in [5.74, 6) is -2.48. The summed E-state index contributed by atoms with van der Waals surface area (Å²) in [5, 5.41) is 8.22. The van der Waals surface area contributed by atoms with Gasteiger partial charge >= 0.3 is 19.8 Å². The molecule has 0 aliphatic carbocycles. The van der Waals surface area contributed by atoms with Gasteiger partial charge in [0.1, 0.15) is 6.04 Å². The lowest BCUT2D eigenvalue weighted by Gasteiger charge is -2.10. The fourth-order valence-corrected chi connectivity index (χ4v) is 0.952. The molecule has 5 N–H and O–H groups in total. The Bertz CT molecular complexity index is 271. The van der Waals surface area contributed by atoms with Crippen molar-refractivity contribution in [2.24, 2.45) is 5.73 Å². The maximum atomic E-state index is 10.7. The van der Waals surface area contributed by atoms with Gasteiger partial charge in [-0.15, -0.1) is 0 Å². The number of carbonyl (C=O) groups is 2. The van der Waals surface area contributed by atoms with E-state index in [9.17, 15) is 14.2 Å². The summed E-state index contributed by atoms with van der Waals surface area (Å²) in [5.41, 5.74) is 5.09. The third-order valence-electron chi connectivity index (χ3n) is 1.18. The summed E-state index contributed by atoms with van der Waals surface area (Å²) in [6.45, 7) is 0. The van der Waals surface area contributed by atoms with Crippen LogP contribution in [0, 0.1) is 0 Å². The van der Waals surface area contributed by atoms with Crippen LogP contribution in [0.5, 0.6) is 0 Å². The van der Waals surface area contributed by atoms with Gasteiger partial charge < -0.3 is 15.4 Å². The van der Waals surface area contributed by atoms with E-state index in [-0.39, 0.29) is 12.8 Å². The molecule has 0 amide bonds. The fourth-order valence-electron chi connectivity index (χ4n) is 0.582. The Hall–Kier alpha value is -0.950. The minimum absolute atomic E-state index is 0.242. The molecular formula is C5H10NO7P. The predicted octanol–water partition coefficient (Wildman–Crippen LogP) is -1.19. The summed E-state index contributed by atoms with van der Waals surface area (Å²) in [6.07, 6.45) is -0.619. The summed E-state index contributed by atoms with van der Waals surface area (Å²) < 4.78 is 13.8. The molecule has 0 heterocycles. The van der Waals surface area contributed by atoms with Crippen LogP contribution in [0.3, 0.4) is 0 Å². The zero-order chi connectivity index (χ0) is 11.4. The molecule has 14 heavy (non-hydrogen) atoms. The normalized spacial score (nSPS) is 13.4. The van der Waals surface area contributed by atoms with E-state index in [2.05, 4.69) is 4.52 Å². The van der Waals surface area contributed by atoms with Gasteiger partial charge in [-0.1, -0.05) is 0 Å². The molecule has 0 aromatic rings. The quantitative estimate of drug-likeness (QED) is 0.428. The second-order valence-electron chi connectivity index (χ2n) is 2.44. The first-order valence-corrected chi connectivity index (χ1v) is 5.02. The van der Waals surface area contributed by atoms with E-state index in [0.717, 1.165) is 0 Å². The molecule has 0 aromatic heterocycles. The van der Waals surface area contributed by atoms with Gasteiger partial charge in [0.15, 0.2) is 0 Å². The molecule has 0 saturated heterocycles. The Balaban J connectivity index is 4.01. The van der Waals surface area contributed by atoms with Crippen molar-refractivity contribution < 1.29 is 33.6 Å². The van der Waals surface area contributed by atoms with Gasteiger partial charge in [-0.2, -0.15) is 0 Å². The van der Waals surface area contributed by atoms with E-state index >= 15 is 0 Å². The van der Waals surface area contributed by atoms with Crippen molar-refractivity contribution in [3.63, 3.8) is 0 Å². The van der Waals surface area contributed by atoms with Gasteiger partial charge in [-0.3, -0.25) is 14.6 Å². The fraction of sp³-hybridized carbons (Fsp3) is 0.600. The number of carboxylic acids is 1. The number of carboxylic acid groups (broad SMARTS) is 1. The molecular weight excluding hydrogens is 217 g/mol. The van der Waals surface area contributed by atoms with Crippen molar-refractivity contribution in [3.05, 3.63) is 0 Å². The van der Waals surface area contributed by atoms with Crippen LogP contribution in [0.1, 0.15) is 12.8 Å². The topological polar surface area (TPSA) is 147 Å². The van der Waals surface area contributed by atoms with Crippen LogP contribution in [0.4, 0.5) is 0 Å².